The predicted octanol–water partition coefficient (Wildman–Crippen LogP) is 3.56. The van der Waals surface area contributed by atoms with Gasteiger partial charge in [-0.25, -0.2) is 17.5 Å². The first-order chi connectivity index (χ1) is 16.4. The number of amides is 1. The smallest absolute Gasteiger partial charge is 0.233 e. The standard InChI is InChI=1S/C24H25FN4O4S/c25-21-10-4-8-19(16-21)23-27-24(33-28-23)20-9-5-14-29(17-20)22(30)11-13-26-34(31,32)15-12-18-6-2-1-3-7-18/h1-4,6-8,10,12,15-16,20,26H,5,9,11,13-14,17H2/b15-12+. The summed E-state index contributed by atoms with van der Waals surface area (Å²) in [7, 11) is -3.65. The maximum atomic E-state index is 13.5. The molecule has 1 aliphatic heterocycles. The Hall–Kier alpha value is -3.37. The highest BCUT2D eigenvalue weighted by molar-refractivity contribution is 7.92. The minimum Gasteiger partial charge on any atom is -0.342 e. The van der Waals surface area contributed by atoms with Crippen LogP contribution in [-0.4, -0.2) is 49.0 Å². The fourth-order valence-electron chi connectivity index (χ4n) is 3.79. The topological polar surface area (TPSA) is 105 Å². The number of likely N-dealkylation sites (tertiary alicyclic amines) is 1. The van der Waals surface area contributed by atoms with E-state index >= 15 is 0 Å². The summed E-state index contributed by atoms with van der Waals surface area (Å²) in [6.45, 7) is 0.997. The second-order valence-electron chi connectivity index (χ2n) is 8.05. The molecule has 1 N–H and O–H groups in total. The minimum atomic E-state index is -3.65. The van der Waals surface area contributed by atoms with Crippen molar-refractivity contribution in [3.63, 3.8) is 0 Å². The van der Waals surface area contributed by atoms with Crippen molar-refractivity contribution in [3.8, 4) is 11.4 Å². The van der Waals surface area contributed by atoms with Crippen molar-refractivity contribution in [2.24, 2.45) is 0 Å². The fraction of sp³-hybridized carbons (Fsp3) is 0.292. The zero-order chi connectivity index (χ0) is 24.0. The molecule has 1 unspecified atom stereocenters. The zero-order valence-corrected chi connectivity index (χ0v) is 19.2. The number of nitrogens with one attached hydrogen (secondary N) is 1. The summed E-state index contributed by atoms with van der Waals surface area (Å²) in [5, 5.41) is 5.04. The number of hydrogen-bond acceptors (Lipinski definition) is 6. The van der Waals surface area contributed by atoms with Gasteiger partial charge in [0, 0.05) is 37.0 Å². The third kappa shape index (κ3) is 6.36. The van der Waals surface area contributed by atoms with Crippen LogP contribution in [0.15, 0.2) is 64.5 Å². The molecule has 0 bridgehead atoms. The fourth-order valence-corrected chi connectivity index (χ4v) is 4.61. The largest absolute Gasteiger partial charge is 0.342 e. The molecule has 4 rings (SSSR count). The third-order valence-electron chi connectivity index (χ3n) is 5.53. The van der Waals surface area contributed by atoms with Crippen LogP contribution >= 0.6 is 0 Å². The number of halogens is 1. The summed E-state index contributed by atoms with van der Waals surface area (Å²) >= 11 is 0. The molecular weight excluding hydrogens is 459 g/mol. The quantitative estimate of drug-likeness (QED) is 0.524. The van der Waals surface area contributed by atoms with Gasteiger partial charge in [-0.1, -0.05) is 47.6 Å². The van der Waals surface area contributed by atoms with Crippen LogP contribution in [0.3, 0.4) is 0 Å². The average Bonchev–Trinajstić information content (AvgIpc) is 3.34. The Balaban J connectivity index is 1.29. The van der Waals surface area contributed by atoms with Crippen molar-refractivity contribution < 1.29 is 22.1 Å². The normalized spacial score (nSPS) is 16.7. The molecule has 8 nitrogen and oxygen atoms in total. The molecule has 1 amide bonds. The van der Waals surface area contributed by atoms with Gasteiger partial charge in [0.1, 0.15) is 5.82 Å². The highest BCUT2D eigenvalue weighted by atomic mass is 32.2. The summed E-state index contributed by atoms with van der Waals surface area (Å²) in [5.41, 5.74) is 1.29. The van der Waals surface area contributed by atoms with E-state index in [1.165, 1.54) is 18.2 Å². The van der Waals surface area contributed by atoms with Crippen molar-refractivity contribution in [1.29, 1.82) is 0 Å². The zero-order valence-electron chi connectivity index (χ0n) is 18.4. The SMILES string of the molecule is O=C(CCNS(=O)(=O)/C=C/c1ccccc1)N1CCCC(c2nc(-c3cccc(F)c3)no2)C1. The van der Waals surface area contributed by atoms with Crippen molar-refractivity contribution in [2.75, 3.05) is 19.6 Å². The highest BCUT2D eigenvalue weighted by Crippen LogP contribution is 2.28. The molecule has 1 saturated heterocycles. The van der Waals surface area contributed by atoms with E-state index in [-0.39, 0.29) is 30.6 Å². The molecule has 0 saturated carbocycles. The molecule has 0 aliphatic carbocycles. The molecule has 2 heterocycles. The summed E-state index contributed by atoms with van der Waals surface area (Å²) in [6, 6.07) is 15.0. The van der Waals surface area contributed by atoms with Gasteiger partial charge in [-0.2, -0.15) is 4.98 Å². The lowest BCUT2D eigenvalue weighted by molar-refractivity contribution is -0.132. The Kier molecular flexibility index (Phi) is 7.49. The highest BCUT2D eigenvalue weighted by Gasteiger charge is 2.28. The number of benzene rings is 2. The van der Waals surface area contributed by atoms with Crippen molar-refractivity contribution in [2.45, 2.75) is 25.2 Å². The van der Waals surface area contributed by atoms with Gasteiger partial charge in [0.2, 0.25) is 27.6 Å². The van der Waals surface area contributed by atoms with E-state index in [0.29, 0.717) is 30.4 Å². The van der Waals surface area contributed by atoms with Gasteiger partial charge in [0.25, 0.3) is 0 Å². The first kappa shape index (κ1) is 23.8. The van der Waals surface area contributed by atoms with Crippen molar-refractivity contribution >= 4 is 22.0 Å². The number of piperidine rings is 1. The van der Waals surface area contributed by atoms with E-state index in [0.717, 1.165) is 23.8 Å². The van der Waals surface area contributed by atoms with Gasteiger partial charge in [-0.3, -0.25) is 4.79 Å². The summed E-state index contributed by atoms with van der Waals surface area (Å²) < 4.78 is 45.6. The number of sulfonamides is 1. The Morgan fingerprint density at radius 2 is 2.03 bits per heavy atom. The maximum absolute atomic E-state index is 13.5. The number of hydrogen-bond donors (Lipinski definition) is 1. The van der Waals surface area contributed by atoms with E-state index in [2.05, 4.69) is 14.9 Å². The average molecular weight is 485 g/mol. The maximum Gasteiger partial charge on any atom is 0.233 e. The number of aromatic nitrogens is 2. The Morgan fingerprint density at radius 1 is 1.21 bits per heavy atom. The number of rotatable bonds is 8. The van der Waals surface area contributed by atoms with Gasteiger partial charge in [-0.15, -0.1) is 0 Å². The van der Waals surface area contributed by atoms with Gasteiger partial charge in [-0.05, 0) is 36.6 Å². The van der Waals surface area contributed by atoms with E-state index in [9.17, 15) is 17.6 Å². The molecule has 10 heteroatoms. The van der Waals surface area contributed by atoms with E-state index in [4.69, 9.17) is 4.52 Å². The van der Waals surface area contributed by atoms with E-state index in [1.54, 1.807) is 29.2 Å². The van der Waals surface area contributed by atoms with Gasteiger partial charge < -0.3 is 9.42 Å². The number of carbonyl (C=O) groups excluding carboxylic acids is 1. The molecule has 2 aromatic carbocycles. The molecule has 0 radical (unpaired) electrons. The summed E-state index contributed by atoms with van der Waals surface area (Å²) in [6.07, 6.45) is 3.09. The first-order valence-corrected chi connectivity index (χ1v) is 12.5. The Labute approximate surface area is 197 Å². The van der Waals surface area contributed by atoms with Crippen LogP contribution in [0.2, 0.25) is 0 Å². The lowest BCUT2D eigenvalue weighted by Gasteiger charge is -2.31. The monoisotopic (exact) mass is 484 g/mol. The molecular formula is C24H25FN4O4S. The van der Waals surface area contributed by atoms with E-state index in [1.807, 2.05) is 18.2 Å². The Bertz CT molecular complexity index is 1260. The van der Waals surface area contributed by atoms with Crippen molar-refractivity contribution in [1.82, 2.24) is 19.8 Å². The minimum absolute atomic E-state index is 0.00569. The van der Waals surface area contributed by atoms with E-state index < -0.39 is 10.0 Å². The number of nitrogens with zero attached hydrogens (tertiary/aromatic N) is 3. The van der Waals surface area contributed by atoms with Gasteiger partial charge in [0.05, 0.1) is 5.92 Å². The first-order valence-electron chi connectivity index (χ1n) is 11.0. The molecule has 1 aliphatic rings. The summed E-state index contributed by atoms with van der Waals surface area (Å²) in [5.74, 6) is 0.0474. The van der Waals surface area contributed by atoms with Crippen LogP contribution in [-0.2, 0) is 14.8 Å². The van der Waals surface area contributed by atoms with Crippen LogP contribution in [0.1, 0.15) is 36.6 Å². The lowest BCUT2D eigenvalue weighted by Crippen LogP contribution is -2.40. The van der Waals surface area contributed by atoms with Gasteiger partial charge >= 0.3 is 0 Å². The molecule has 0 spiro atoms. The predicted molar refractivity (Wildman–Crippen MR) is 125 cm³/mol. The molecule has 1 atom stereocenters. The van der Waals surface area contributed by atoms with Crippen LogP contribution in [0, 0.1) is 5.82 Å². The summed E-state index contributed by atoms with van der Waals surface area (Å²) in [4.78, 5) is 18.8. The van der Waals surface area contributed by atoms with Crippen LogP contribution in [0.4, 0.5) is 4.39 Å². The van der Waals surface area contributed by atoms with Crippen LogP contribution < -0.4 is 4.72 Å². The van der Waals surface area contributed by atoms with Gasteiger partial charge in [0.15, 0.2) is 0 Å². The molecule has 34 heavy (non-hydrogen) atoms. The Morgan fingerprint density at radius 3 is 2.82 bits per heavy atom. The second-order valence-corrected chi connectivity index (χ2v) is 9.70. The molecule has 178 valence electrons. The van der Waals surface area contributed by atoms with Crippen molar-refractivity contribution in [3.05, 3.63) is 77.3 Å². The molecule has 3 aromatic rings. The third-order valence-corrected chi connectivity index (χ3v) is 6.63. The van der Waals surface area contributed by atoms with Crippen LogP contribution in [0.25, 0.3) is 17.5 Å². The lowest BCUT2D eigenvalue weighted by atomic mass is 9.97. The molecule has 1 aromatic heterocycles. The van der Waals surface area contributed by atoms with Crippen LogP contribution in [0.5, 0.6) is 0 Å². The number of carbonyl (C=O) groups is 1. The molecule has 1 fully saturated rings. The second kappa shape index (κ2) is 10.7.